The fourth-order valence-electron chi connectivity index (χ4n) is 1.52. The largest absolute Gasteiger partial charge is 0.492 e. The lowest BCUT2D eigenvalue weighted by Gasteiger charge is -2.19. The zero-order valence-electron chi connectivity index (χ0n) is 11.7. The number of ether oxygens (including phenoxy) is 1. The van der Waals surface area contributed by atoms with Gasteiger partial charge in [-0.25, -0.2) is 18.0 Å². The Bertz CT molecular complexity index is 630. The van der Waals surface area contributed by atoms with Gasteiger partial charge in [-0.1, -0.05) is 19.1 Å². The second-order valence-corrected chi connectivity index (χ2v) is 5.71. The zero-order chi connectivity index (χ0) is 16.0. The summed E-state index contributed by atoms with van der Waals surface area (Å²) < 4.78 is 30.2. The van der Waals surface area contributed by atoms with Crippen molar-refractivity contribution >= 4 is 22.1 Å². The maximum Gasteiger partial charge on any atom is 0.339 e. The zero-order valence-corrected chi connectivity index (χ0v) is 12.5. The molecule has 0 fully saturated rings. The summed E-state index contributed by atoms with van der Waals surface area (Å²) in [6.45, 7) is 2.15. The van der Waals surface area contributed by atoms with Crippen molar-refractivity contribution in [3.63, 3.8) is 0 Å². The van der Waals surface area contributed by atoms with Crippen LogP contribution in [0.4, 0.5) is 9.59 Å². The van der Waals surface area contributed by atoms with Gasteiger partial charge < -0.3 is 15.8 Å². The maximum absolute atomic E-state index is 12.4. The van der Waals surface area contributed by atoms with Crippen LogP contribution in [0, 0.1) is 0 Å². The SMILES string of the molecule is CCCOc1ccccc1S(=O)(=O)N(C(N)=O)C(=O)NC. The molecule has 0 bridgehead atoms. The number of nitrogens with one attached hydrogen (secondary N) is 1. The van der Waals surface area contributed by atoms with Crippen LogP contribution in [0.15, 0.2) is 29.2 Å². The van der Waals surface area contributed by atoms with Crippen molar-refractivity contribution in [2.45, 2.75) is 18.2 Å². The van der Waals surface area contributed by atoms with Crippen LogP contribution in [0.1, 0.15) is 13.3 Å². The van der Waals surface area contributed by atoms with E-state index in [-0.39, 0.29) is 15.0 Å². The number of hydrogen-bond donors (Lipinski definition) is 2. The number of rotatable bonds is 5. The van der Waals surface area contributed by atoms with E-state index < -0.39 is 22.1 Å². The third-order valence-corrected chi connectivity index (χ3v) is 4.15. The van der Waals surface area contributed by atoms with Crippen molar-refractivity contribution in [2.24, 2.45) is 5.73 Å². The highest BCUT2D eigenvalue weighted by molar-refractivity contribution is 7.90. The van der Waals surface area contributed by atoms with Crippen molar-refractivity contribution in [3.8, 4) is 5.75 Å². The highest BCUT2D eigenvalue weighted by Crippen LogP contribution is 2.26. The van der Waals surface area contributed by atoms with Crippen molar-refractivity contribution in [1.82, 2.24) is 9.62 Å². The summed E-state index contributed by atoms with van der Waals surface area (Å²) in [5, 5.41) is 2.05. The third-order valence-electron chi connectivity index (χ3n) is 2.43. The molecule has 0 radical (unpaired) electrons. The van der Waals surface area contributed by atoms with E-state index in [9.17, 15) is 18.0 Å². The molecule has 0 spiro atoms. The Labute approximate surface area is 122 Å². The molecule has 0 saturated carbocycles. The number of hydrogen-bond acceptors (Lipinski definition) is 5. The Morgan fingerprint density at radius 2 is 1.95 bits per heavy atom. The van der Waals surface area contributed by atoms with Gasteiger partial charge in [0.2, 0.25) is 0 Å². The molecule has 0 unspecified atom stereocenters. The van der Waals surface area contributed by atoms with Crippen molar-refractivity contribution in [2.75, 3.05) is 13.7 Å². The Hall–Kier alpha value is -2.29. The summed E-state index contributed by atoms with van der Waals surface area (Å²) >= 11 is 0. The number of para-hydroxylation sites is 1. The highest BCUT2D eigenvalue weighted by atomic mass is 32.2. The molecule has 0 aromatic heterocycles. The smallest absolute Gasteiger partial charge is 0.339 e. The van der Waals surface area contributed by atoms with Gasteiger partial charge in [0.1, 0.15) is 10.6 Å². The minimum Gasteiger partial charge on any atom is -0.492 e. The van der Waals surface area contributed by atoms with Crippen molar-refractivity contribution in [1.29, 1.82) is 0 Å². The number of nitrogens with two attached hydrogens (primary N) is 1. The van der Waals surface area contributed by atoms with Gasteiger partial charge in [-0.3, -0.25) is 0 Å². The van der Waals surface area contributed by atoms with E-state index >= 15 is 0 Å². The first-order valence-electron chi connectivity index (χ1n) is 6.14. The lowest BCUT2D eigenvalue weighted by Crippen LogP contribution is -2.48. The molecule has 0 aliphatic carbocycles. The van der Waals surface area contributed by atoms with Gasteiger partial charge in [0.15, 0.2) is 0 Å². The summed E-state index contributed by atoms with van der Waals surface area (Å²) in [7, 11) is -3.26. The molecule has 3 N–H and O–H groups in total. The monoisotopic (exact) mass is 315 g/mol. The minimum atomic E-state index is -4.45. The minimum absolute atomic E-state index is 0.0405. The number of benzene rings is 1. The van der Waals surface area contributed by atoms with Gasteiger partial charge >= 0.3 is 12.1 Å². The Kier molecular flexibility index (Phi) is 5.53. The van der Waals surface area contributed by atoms with Gasteiger partial charge in [-0.15, -0.1) is 4.31 Å². The van der Waals surface area contributed by atoms with Crippen LogP contribution in [0.25, 0.3) is 0 Å². The van der Waals surface area contributed by atoms with Crippen LogP contribution in [-0.2, 0) is 10.0 Å². The molecular formula is C12H17N3O5S. The summed E-state index contributed by atoms with van der Waals surface area (Å²) in [6.07, 6.45) is 0.670. The predicted octanol–water partition coefficient (Wildman–Crippen LogP) is 0.884. The van der Waals surface area contributed by atoms with E-state index in [4.69, 9.17) is 10.5 Å². The first-order valence-corrected chi connectivity index (χ1v) is 7.58. The lowest BCUT2D eigenvalue weighted by atomic mass is 10.3. The van der Waals surface area contributed by atoms with Crippen LogP contribution in [0.3, 0.4) is 0 Å². The van der Waals surface area contributed by atoms with Gasteiger partial charge in [0, 0.05) is 7.05 Å². The van der Waals surface area contributed by atoms with Crippen LogP contribution in [-0.4, -0.2) is 38.4 Å². The van der Waals surface area contributed by atoms with Crippen LogP contribution < -0.4 is 15.8 Å². The average Bonchev–Trinajstić information content (AvgIpc) is 2.44. The molecule has 0 aliphatic heterocycles. The molecular weight excluding hydrogens is 298 g/mol. The number of amides is 4. The quantitative estimate of drug-likeness (QED) is 0.836. The number of primary amides is 1. The van der Waals surface area contributed by atoms with Crippen molar-refractivity contribution in [3.05, 3.63) is 24.3 Å². The number of carbonyl (C=O) groups excluding carboxylic acids is 2. The molecule has 1 aromatic rings. The topological polar surface area (TPSA) is 119 Å². The van der Waals surface area contributed by atoms with E-state index in [0.717, 1.165) is 0 Å². The standard InChI is InChI=1S/C12H17N3O5S/c1-3-8-20-9-6-4-5-7-10(9)21(18,19)15(11(13)16)12(17)14-2/h4-7H,3,8H2,1-2H3,(H2,13,16)(H,14,17). The van der Waals surface area contributed by atoms with Gasteiger partial charge in [0.05, 0.1) is 6.61 Å². The molecule has 0 atom stereocenters. The first kappa shape index (κ1) is 16.8. The Morgan fingerprint density at radius 1 is 1.33 bits per heavy atom. The number of imide groups is 1. The summed E-state index contributed by atoms with van der Waals surface area (Å²) in [6, 6.07) is 3.16. The molecule has 0 aliphatic rings. The summed E-state index contributed by atoms with van der Waals surface area (Å²) in [5.41, 5.74) is 4.99. The van der Waals surface area contributed by atoms with Gasteiger partial charge in [-0.05, 0) is 18.6 Å². The third kappa shape index (κ3) is 3.63. The molecule has 4 amide bonds. The second kappa shape index (κ2) is 6.93. The number of sulfonamides is 1. The molecule has 8 nitrogen and oxygen atoms in total. The van der Waals surface area contributed by atoms with E-state index in [1.54, 1.807) is 6.07 Å². The van der Waals surface area contributed by atoms with Crippen molar-refractivity contribution < 1.29 is 22.7 Å². The first-order chi connectivity index (χ1) is 9.86. The normalized spacial score (nSPS) is 10.8. The molecule has 0 heterocycles. The van der Waals surface area contributed by atoms with Crippen LogP contribution in [0.2, 0.25) is 0 Å². The molecule has 1 rings (SSSR count). The highest BCUT2D eigenvalue weighted by Gasteiger charge is 2.35. The predicted molar refractivity (Wildman–Crippen MR) is 75.3 cm³/mol. The Balaban J connectivity index is 3.35. The van der Waals surface area contributed by atoms with E-state index in [2.05, 4.69) is 5.32 Å². The van der Waals surface area contributed by atoms with Crippen LogP contribution in [0.5, 0.6) is 5.75 Å². The van der Waals surface area contributed by atoms with E-state index in [0.29, 0.717) is 13.0 Å². The number of urea groups is 2. The van der Waals surface area contributed by atoms with Crippen LogP contribution >= 0.6 is 0 Å². The number of nitrogens with zero attached hydrogens (tertiary/aromatic N) is 1. The molecule has 0 saturated heterocycles. The number of carbonyl (C=O) groups is 2. The van der Waals surface area contributed by atoms with E-state index in [1.165, 1.54) is 25.2 Å². The maximum atomic E-state index is 12.4. The lowest BCUT2D eigenvalue weighted by molar-refractivity contribution is 0.213. The summed E-state index contributed by atoms with van der Waals surface area (Å²) in [4.78, 5) is 22.6. The molecule has 21 heavy (non-hydrogen) atoms. The Morgan fingerprint density at radius 3 is 2.48 bits per heavy atom. The summed E-state index contributed by atoms with van der Waals surface area (Å²) in [5.74, 6) is 0.0505. The fourth-order valence-corrected chi connectivity index (χ4v) is 2.90. The van der Waals surface area contributed by atoms with E-state index in [1.807, 2.05) is 6.92 Å². The molecule has 1 aromatic carbocycles. The fraction of sp³-hybridized carbons (Fsp3) is 0.333. The molecule has 9 heteroatoms. The molecule has 116 valence electrons. The van der Waals surface area contributed by atoms with Gasteiger partial charge in [-0.2, -0.15) is 0 Å². The van der Waals surface area contributed by atoms with Gasteiger partial charge in [0.25, 0.3) is 10.0 Å². The average molecular weight is 315 g/mol. The second-order valence-electron chi connectivity index (χ2n) is 3.96.